The van der Waals surface area contributed by atoms with E-state index in [1.54, 1.807) is 12.1 Å². The number of rotatable bonds is 2. The zero-order chi connectivity index (χ0) is 28.0. The molecule has 1 aromatic rings. The third-order valence-electron chi connectivity index (χ3n) is 10.5. The first kappa shape index (κ1) is 27.0. The lowest BCUT2D eigenvalue weighted by atomic mass is 9.59. The van der Waals surface area contributed by atoms with Crippen LogP contribution < -0.4 is 0 Å². The number of cyclic esters (lactones) is 1. The zero-order valence-electron chi connectivity index (χ0n) is 23.5. The maximum Gasteiger partial charge on any atom is 0.338 e. The Labute approximate surface area is 236 Å². The summed E-state index contributed by atoms with van der Waals surface area (Å²) in [7, 11) is 0. The lowest BCUT2D eigenvalue weighted by Gasteiger charge is -2.49. The molecule has 40 heavy (non-hydrogen) atoms. The van der Waals surface area contributed by atoms with Crippen LogP contribution in [0, 0.1) is 52.8 Å². The Hall–Kier alpha value is -3.20. The van der Waals surface area contributed by atoms with Gasteiger partial charge in [0.05, 0.1) is 23.6 Å². The summed E-state index contributed by atoms with van der Waals surface area (Å²) in [5, 5.41) is 9.19. The number of esters is 2. The standard InChI is InChI=1S/C34H39NO5/c1-3-22-8-5-4-7-19(2)32(37)28-16-26-23-9-6-10-24(23)29-15-25(21-13-11-20(18-35)12-14-21)34(38)40-33(29)31(26)27(28)17-30(36)39-22/h11-16,19,22-24,26-27,29,31,33H,3-10,17H2,1-2H3/t19-,22+,23-,24?,26+,27-,29?,31-,33?/m1/s1. The van der Waals surface area contributed by atoms with Gasteiger partial charge in [-0.25, -0.2) is 4.79 Å². The fraction of sp³-hybridized carbons (Fsp3) is 0.588. The maximum absolute atomic E-state index is 13.9. The molecule has 1 aromatic carbocycles. The van der Waals surface area contributed by atoms with E-state index in [1.165, 1.54) is 0 Å². The zero-order valence-corrected chi connectivity index (χ0v) is 23.5. The van der Waals surface area contributed by atoms with Crippen LogP contribution in [0.15, 0.2) is 42.0 Å². The molecular formula is C34H39NO5. The number of allylic oxidation sites excluding steroid dienone is 2. The number of Topliss-reactive ketones (excluding diaryl/α,β-unsaturated/α-hetero) is 1. The summed E-state index contributed by atoms with van der Waals surface area (Å²) in [6.45, 7) is 4.08. The number of fused-ring (bicyclic) bond motifs is 8. The Morgan fingerprint density at radius 2 is 1.62 bits per heavy atom. The number of nitrogens with zero attached hydrogens (tertiary/aromatic N) is 1. The smallest absolute Gasteiger partial charge is 0.338 e. The minimum absolute atomic E-state index is 0.0400. The minimum atomic E-state index is -0.372. The normalized spacial score (nSPS) is 37.6. The summed E-state index contributed by atoms with van der Waals surface area (Å²) in [4.78, 5) is 40.7. The molecule has 3 aliphatic carbocycles. The highest BCUT2D eigenvalue weighted by molar-refractivity contribution is 6.17. The van der Waals surface area contributed by atoms with Crippen molar-refractivity contribution in [1.29, 1.82) is 5.26 Å². The van der Waals surface area contributed by atoms with Crippen LogP contribution in [0.5, 0.6) is 0 Å². The predicted molar refractivity (Wildman–Crippen MR) is 149 cm³/mol. The molecule has 9 atom stereocenters. The largest absolute Gasteiger partial charge is 0.462 e. The van der Waals surface area contributed by atoms with Crippen LogP contribution in [0.3, 0.4) is 0 Å². The number of carbonyl (C=O) groups excluding carboxylic acids is 3. The lowest BCUT2D eigenvalue weighted by molar-refractivity contribution is -0.161. The van der Waals surface area contributed by atoms with E-state index >= 15 is 0 Å². The van der Waals surface area contributed by atoms with Crippen molar-refractivity contribution in [3.05, 3.63) is 53.1 Å². The minimum Gasteiger partial charge on any atom is -0.462 e. The molecule has 6 heteroatoms. The topological polar surface area (TPSA) is 93.5 Å². The van der Waals surface area contributed by atoms with Crippen LogP contribution in [0.1, 0.15) is 82.8 Å². The highest BCUT2D eigenvalue weighted by Gasteiger charge is 2.59. The van der Waals surface area contributed by atoms with Gasteiger partial charge >= 0.3 is 11.9 Å². The molecule has 0 bridgehead atoms. The Morgan fingerprint density at radius 3 is 2.35 bits per heavy atom. The first-order valence-corrected chi connectivity index (χ1v) is 15.3. The number of hydrogen-bond acceptors (Lipinski definition) is 6. The molecule has 0 spiro atoms. The molecule has 0 amide bonds. The van der Waals surface area contributed by atoms with E-state index in [0.29, 0.717) is 23.0 Å². The second-order valence-electron chi connectivity index (χ2n) is 12.6. The van der Waals surface area contributed by atoms with Crippen molar-refractivity contribution in [2.24, 2.45) is 41.4 Å². The molecule has 2 saturated carbocycles. The molecule has 0 radical (unpaired) electrons. The van der Waals surface area contributed by atoms with Crippen LogP contribution >= 0.6 is 0 Å². The molecule has 3 fully saturated rings. The highest BCUT2D eigenvalue weighted by atomic mass is 16.5. The van der Waals surface area contributed by atoms with Crippen LogP contribution in [-0.4, -0.2) is 29.9 Å². The average Bonchev–Trinajstić information content (AvgIpc) is 3.59. The molecular weight excluding hydrogens is 502 g/mol. The molecule has 2 heterocycles. The summed E-state index contributed by atoms with van der Waals surface area (Å²) >= 11 is 0. The fourth-order valence-electron chi connectivity index (χ4n) is 8.52. The summed E-state index contributed by atoms with van der Waals surface area (Å²) < 4.78 is 12.3. The summed E-state index contributed by atoms with van der Waals surface area (Å²) in [5.74, 6) is 0.0000267. The lowest BCUT2D eigenvalue weighted by Crippen LogP contribution is -2.51. The third-order valence-corrected chi connectivity index (χ3v) is 10.5. The van der Waals surface area contributed by atoms with Crippen molar-refractivity contribution in [1.82, 2.24) is 0 Å². The van der Waals surface area contributed by atoms with Crippen molar-refractivity contribution in [3.63, 3.8) is 0 Å². The van der Waals surface area contributed by atoms with Gasteiger partial charge in [-0.2, -0.15) is 5.26 Å². The molecule has 3 unspecified atom stereocenters. The Balaban J connectivity index is 1.38. The number of nitriles is 1. The van der Waals surface area contributed by atoms with Gasteiger partial charge in [0.1, 0.15) is 12.2 Å². The quantitative estimate of drug-likeness (QED) is 0.414. The number of ether oxygens (including phenoxy) is 2. The van der Waals surface area contributed by atoms with Gasteiger partial charge in [-0.3, -0.25) is 9.59 Å². The maximum atomic E-state index is 13.9. The van der Waals surface area contributed by atoms with Crippen molar-refractivity contribution in [3.8, 4) is 6.07 Å². The van der Waals surface area contributed by atoms with Gasteiger partial charge in [0.15, 0.2) is 5.78 Å². The first-order valence-electron chi connectivity index (χ1n) is 15.3. The van der Waals surface area contributed by atoms with Gasteiger partial charge in [0.2, 0.25) is 0 Å². The summed E-state index contributed by atoms with van der Waals surface area (Å²) in [6, 6.07) is 9.21. The van der Waals surface area contributed by atoms with E-state index in [1.807, 2.05) is 19.1 Å². The second-order valence-corrected chi connectivity index (χ2v) is 12.6. The van der Waals surface area contributed by atoms with Gasteiger partial charge in [0, 0.05) is 23.7 Å². The van der Waals surface area contributed by atoms with E-state index in [0.717, 1.165) is 62.5 Å². The van der Waals surface area contributed by atoms with Crippen molar-refractivity contribution in [2.75, 3.05) is 0 Å². The summed E-state index contributed by atoms with van der Waals surface area (Å²) in [6.07, 6.45) is 11.6. The Kier molecular flexibility index (Phi) is 7.42. The summed E-state index contributed by atoms with van der Waals surface area (Å²) in [5.41, 5.74) is 2.63. The van der Waals surface area contributed by atoms with Gasteiger partial charge in [-0.1, -0.05) is 51.0 Å². The van der Waals surface area contributed by atoms with Crippen LogP contribution in [0.25, 0.3) is 5.57 Å². The molecule has 210 valence electrons. The number of carbonyl (C=O) groups is 3. The molecule has 6 rings (SSSR count). The molecule has 1 saturated heterocycles. The Bertz CT molecular complexity index is 1290. The number of benzene rings is 1. The van der Waals surface area contributed by atoms with Crippen molar-refractivity contribution in [2.45, 2.75) is 83.8 Å². The third kappa shape index (κ3) is 4.72. The van der Waals surface area contributed by atoms with Gasteiger partial charge in [-0.05, 0) is 79.5 Å². The number of hydrogen-bond donors (Lipinski definition) is 0. The van der Waals surface area contributed by atoms with Crippen molar-refractivity contribution < 1.29 is 23.9 Å². The second kappa shape index (κ2) is 11.0. The molecule has 2 aliphatic heterocycles. The molecule has 0 aromatic heterocycles. The van der Waals surface area contributed by atoms with E-state index in [2.05, 4.69) is 25.1 Å². The van der Waals surface area contributed by atoms with E-state index in [9.17, 15) is 19.6 Å². The molecule has 6 nitrogen and oxygen atoms in total. The van der Waals surface area contributed by atoms with E-state index < -0.39 is 0 Å². The van der Waals surface area contributed by atoms with Crippen LogP contribution in [0.2, 0.25) is 0 Å². The van der Waals surface area contributed by atoms with Gasteiger partial charge in [0.25, 0.3) is 0 Å². The van der Waals surface area contributed by atoms with E-state index in [4.69, 9.17) is 9.47 Å². The van der Waals surface area contributed by atoms with Crippen LogP contribution in [-0.2, 0) is 23.9 Å². The van der Waals surface area contributed by atoms with Crippen molar-refractivity contribution >= 4 is 23.3 Å². The first-order chi connectivity index (χ1) is 19.4. The predicted octanol–water partition coefficient (Wildman–Crippen LogP) is 6.19. The molecule has 5 aliphatic rings. The monoisotopic (exact) mass is 541 g/mol. The molecule has 0 N–H and O–H groups in total. The number of ketones is 1. The van der Waals surface area contributed by atoms with E-state index in [-0.39, 0.29) is 65.9 Å². The van der Waals surface area contributed by atoms with Crippen LogP contribution in [0.4, 0.5) is 0 Å². The fourth-order valence-corrected chi connectivity index (χ4v) is 8.52. The Morgan fingerprint density at radius 1 is 0.900 bits per heavy atom. The SMILES string of the molecule is CC[C@H]1CCCC[C@@H](C)C(=O)C2=C[C@@H]3[C@@H](C4OC(=O)C(c5ccc(C#N)cc5)=CC4C4CCC[C@H]43)[C@@H]2CC(=O)O1. The van der Waals surface area contributed by atoms with Gasteiger partial charge in [-0.15, -0.1) is 0 Å². The van der Waals surface area contributed by atoms with Gasteiger partial charge < -0.3 is 9.47 Å². The highest BCUT2D eigenvalue weighted by Crippen LogP contribution is 2.60. The average molecular weight is 542 g/mol.